The van der Waals surface area contributed by atoms with Crippen molar-refractivity contribution in [1.82, 2.24) is 9.97 Å². The molecule has 6 heteroatoms. The molecule has 21 heavy (non-hydrogen) atoms. The molecular formula is C15H21N5O. The molecule has 1 fully saturated rings. The summed E-state index contributed by atoms with van der Waals surface area (Å²) in [5.41, 5.74) is 6.87. The van der Waals surface area contributed by atoms with Gasteiger partial charge >= 0.3 is 0 Å². The normalized spacial score (nSPS) is 18.7. The molecule has 1 unspecified atom stereocenters. The molecule has 2 aromatic heterocycles. The number of furan rings is 1. The molecule has 0 bridgehead atoms. The van der Waals surface area contributed by atoms with Crippen molar-refractivity contribution in [2.75, 3.05) is 22.5 Å². The lowest BCUT2D eigenvalue weighted by atomic mass is 10.0. The van der Waals surface area contributed by atoms with E-state index >= 15 is 0 Å². The summed E-state index contributed by atoms with van der Waals surface area (Å²) in [6, 6.07) is 4.24. The molecule has 0 aromatic carbocycles. The highest BCUT2D eigenvalue weighted by atomic mass is 16.3. The van der Waals surface area contributed by atoms with Gasteiger partial charge in [-0.15, -0.1) is 0 Å². The lowest BCUT2D eigenvalue weighted by molar-refractivity contribution is 0.481. The number of nitrogens with zero attached hydrogens (tertiary/aromatic N) is 3. The largest absolute Gasteiger partial charge is 0.467 e. The number of nitrogen functional groups attached to an aromatic ring is 1. The van der Waals surface area contributed by atoms with Crippen LogP contribution in [0.15, 0.2) is 29.1 Å². The molecule has 1 aliphatic rings. The van der Waals surface area contributed by atoms with Gasteiger partial charge in [0.1, 0.15) is 17.8 Å². The molecular weight excluding hydrogens is 266 g/mol. The highest BCUT2D eigenvalue weighted by Gasteiger charge is 2.22. The highest BCUT2D eigenvalue weighted by molar-refractivity contribution is 5.75. The van der Waals surface area contributed by atoms with E-state index in [-0.39, 0.29) is 0 Å². The summed E-state index contributed by atoms with van der Waals surface area (Å²) in [7, 11) is 0. The summed E-state index contributed by atoms with van der Waals surface area (Å²) in [6.45, 7) is 3.78. The van der Waals surface area contributed by atoms with Gasteiger partial charge in [0.25, 0.3) is 0 Å². The first-order valence-corrected chi connectivity index (χ1v) is 7.39. The lowest BCUT2D eigenvalue weighted by Crippen LogP contribution is -2.38. The fourth-order valence-electron chi connectivity index (χ4n) is 2.75. The van der Waals surface area contributed by atoms with Crippen LogP contribution < -0.4 is 16.0 Å². The van der Waals surface area contributed by atoms with Gasteiger partial charge < -0.3 is 20.4 Å². The Morgan fingerprint density at radius 2 is 2.33 bits per heavy atom. The van der Waals surface area contributed by atoms with Crippen LogP contribution in [0.5, 0.6) is 0 Å². The van der Waals surface area contributed by atoms with Crippen LogP contribution in [0.1, 0.15) is 31.9 Å². The van der Waals surface area contributed by atoms with E-state index in [0.717, 1.165) is 18.1 Å². The molecule has 112 valence electrons. The van der Waals surface area contributed by atoms with Crippen LogP contribution in [0.25, 0.3) is 0 Å². The molecule has 6 nitrogen and oxygen atoms in total. The maximum absolute atomic E-state index is 6.26. The van der Waals surface area contributed by atoms with Gasteiger partial charge in [-0.3, -0.25) is 0 Å². The Bertz CT molecular complexity index is 584. The van der Waals surface area contributed by atoms with Crippen LogP contribution in [0, 0.1) is 0 Å². The number of nitrogens with one attached hydrogen (secondary N) is 1. The number of aromatic nitrogens is 2. The molecule has 0 saturated carbocycles. The summed E-state index contributed by atoms with van der Waals surface area (Å²) in [4.78, 5) is 10.9. The second kappa shape index (κ2) is 6.03. The van der Waals surface area contributed by atoms with Crippen molar-refractivity contribution in [2.45, 2.75) is 38.8 Å². The maximum Gasteiger partial charge on any atom is 0.157 e. The van der Waals surface area contributed by atoms with Crippen molar-refractivity contribution in [1.29, 1.82) is 0 Å². The monoisotopic (exact) mass is 287 g/mol. The van der Waals surface area contributed by atoms with Crippen molar-refractivity contribution >= 4 is 17.3 Å². The maximum atomic E-state index is 6.26. The van der Waals surface area contributed by atoms with Gasteiger partial charge in [0.2, 0.25) is 0 Å². The zero-order valence-corrected chi connectivity index (χ0v) is 12.2. The predicted molar refractivity (Wildman–Crippen MR) is 83.1 cm³/mol. The van der Waals surface area contributed by atoms with Crippen LogP contribution in [0.2, 0.25) is 0 Å². The van der Waals surface area contributed by atoms with Crippen LogP contribution in [-0.4, -0.2) is 22.6 Å². The number of hydrogen-bond acceptors (Lipinski definition) is 6. The smallest absolute Gasteiger partial charge is 0.157 e. The molecule has 0 radical (unpaired) electrons. The third-order valence-electron chi connectivity index (χ3n) is 3.95. The summed E-state index contributed by atoms with van der Waals surface area (Å²) < 4.78 is 5.30. The van der Waals surface area contributed by atoms with E-state index in [1.807, 2.05) is 12.1 Å². The van der Waals surface area contributed by atoms with Gasteiger partial charge in [-0.2, -0.15) is 0 Å². The van der Waals surface area contributed by atoms with Gasteiger partial charge in [-0.1, -0.05) is 0 Å². The zero-order chi connectivity index (χ0) is 14.7. The van der Waals surface area contributed by atoms with Crippen LogP contribution in [0.4, 0.5) is 17.3 Å². The minimum Gasteiger partial charge on any atom is -0.467 e. The van der Waals surface area contributed by atoms with Gasteiger partial charge in [-0.25, -0.2) is 9.97 Å². The minimum atomic E-state index is 0.467. The molecule has 3 N–H and O–H groups in total. The second-order valence-electron chi connectivity index (χ2n) is 5.43. The first-order valence-electron chi connectivity index (χ1n) is 7.39. The Morgan fingerprint density at radius 1 is 1.43 bits per heavy atom. The van der Waals surface area contributed by atoms with Gasteiger partial charge in [-0.05, 0) is 38.3 Å². The molecule has 1 aliphatic heterocycles. The Balaban J connectivity index is 1.77. The van der Waals surface area contributed by atoms with Crippen molar-refractivity contribution in [3.05, 3.63) is 30.5 Å². The van der Waals surface area contributed by atoms with E-state index in [2.05, 4.69) is 27.1 Å². The van der Waals surface area contributed by atoms with E-state index in [4.69, 9.17) is 10.2 Å². The van der Waals surface area contributed by atoms with Gasteiger partial charge in [0.05, 0.1) is 12.8 Å². The second-order valence-corrected chi connectivity index (χ2v) is 5.43. The average molecular weight is 287 g/mol. The first-order chi connectivity index (χ1) is 10.3. The number of anilines is 3. The Hall–Kier alpha value is -2.24. The molecule has 1 atom stereocenters. The molecule has 2 aromatic rings. The van der Waals surface area contributed by atoms with Crippen molar-refractivity contribution in [3.63, 3.8) is 0 Å². The van der Waals surface area contributed by atoms with Gasteiger partial charge in [0.15, 0.2) is 11.6 Å². The topological polar surface area (TPSA) is 80.2 Å². The van der Waals surface area contributed by atoms with Crippen LogP contribution in [0.3, 0.4) is 0 Å². The summed E-state index contributed by atoms with van der Waals surface area (Å²) in [6.07, 6.45) is 6.85. The molecule has 3 rings (SSSR count). The van der Waals surface area contributed by atoms with Crippen LogP contribution in [-0.2, 0) is 6.54 Å². The van der Waals surface area contributed by atoms with Crippen molar-refractivity contribution in [3.8, 4) is 0 Å². The molecule has 0 aliphatic carbocycles. The van der Waals surface area contributed by atoms with Gasteiger partial charge in [0, 0.05) is 12.6 Å². The van der Waals surface area contributed by atoms with E-state index in [1.165, 1.54) is 19.3 Å². The number of rotatable bonds is 4. The van der Waals surface area contributed by atoms with E-state index in [0.29, 0.717) is 24.1 Å². The molecule has 0 amide bonds. The standard InChI is InChI=1S/C15H21N5O/c1-11-5-2-3-7-20(11)15-13(16)14(18-10-19-15)17-9-12-6-4-8-21-12/h4,6,8,10-11H,2-3,5,7,9,16H2,1H3,(H,17,18,19). The van der Waals surface area contributed by atoms with Crippen LogP contribution >= 0.6 is 0 Å². The number of nitrogens with two attached hydrogens (primary N) is 1. The first kappa shape index (κ1) is 13.7. The predicted octanol–water partition coefficient (Wildman–Crippen LogP) is 2.64. The summed E-state index contributed by atoms with van der Waals surface area (Å²) in [5.74, 6) is 2.34. The number of piperidine rings is 1. The van der Waals surface area contributed by atoms with Crippen molar-refractivity contribution in [2.24, 2.45) is 0 Å². The third kappa shape index (κ3) is 2.94. The van der Waals surface area contributed by atoms with E-state index < -0.39 is 0 Å². The minimum absolute atomic E-state index is 0.467. The van der Waals surface area contributed by atoms with E-state index in [1.54, 1.807) is 12.6 Å². The van der Waals surface area contributed by atoms with E-state index in [9.17, 15) is 0 Å². The lowest BCUT2D eigenvalue weighted by Gasteiger charge is -2.35. The molecule has 3 heterocycles. The fourth-order valence-corrected chi connectivity index (χ4v) is 2.75. The molecule has 0 spiro atoms. The fraction of sp³-hybridized carbons (Fsp3) is 0.467. The quantitative estimate of drug-likeness (QED) is 0.900. The summed E-state index contributed by atoms with van der Waals surface area (Å²) in [5, 5.41) is 3.21. The molecule has 1 saturated heterocycles. The highest BCUT2D eigenvalue weighted by Crippen LogP contribution is 2.31. The zero-order valence-electron chi connectivity index (χ0n) is 12.2. The third-order valence-corrected chi connectivity index (χ3v) is 3.95. The average Bonchev–Trinajstić information content (AvgIpc) is 3.00. The van der Waals surface area contributed by atoms with Crippen molar-refractivity contribution < 1.29 is 4.42 Å². The Kier molecular flexibility index (Phi) is 3.94. The SMILES string of the molecule is CC1CCCCN1c1ncnc(NCc2ccco2)c1N. The summed E-state index contributed by atoms with van der Waals surface area (Å²) >= 11 is 0. The number of hydrogen-bond donors (Lipinski definition) is 2. The Labute approximate surface area is 124 Å². The Morgan fingerprint density at radius 3 is 3.10 bits per heavy atom.